The minimum atomic E-state index is -1.37. The second-order valence-corrected chi connectivity index (χ2v) is 18.9. The zero-order valence-corrected chi connectivity index (χ0v) is 39.2. The number of hydrogen-bond donors (Lipinski definition) is 3. The maximum Gasteiger partial charge on any atom is 0.245 e. The molecule has 3 aromatic carbocycles. The Bertz CT molecular complexity index is 2590. The lowest BCUT2D eigenvalue weighted by Gasteiger charge is -2.45. The fourth-order valence-electron chi connectivity index (χ4n) is 9.49. The first-order valence-corrected chi connectivity index (χ1v) is 23.6. The normalized spacial score (nSPS) is 22.1. The van der Waals surface area contributed by atoms with E-state index in [1.165, 1.54) is 30.9 Å². The molecule has 3 aliphatic rings. The molecule has 2 aromatic heterocycles. The Labute approximate surface area is 400 Å². The Morgan fingerprint density at radius 3 is 2.39 bits per heavy atom. The zero-order valence-electron chi connectivity index (χ0n) is 37.7. The van der Waals surface area contributed by atoms with Crippen LogP contribution in [0.2, 0.25) is 10.0 Å². The van der Waals surface area contributed by atoms with Crippen LogP contribution in [0.4, 0.5) is 0 Å². The first kappa shape index (κ1) is 47.5. The number of halogens is 2. The molecule has 0 radical (unpaired) electrons. The molecule has 0 spiro atoms. The fraction of sp³-hybridized carbons (Fsp3) is 0.400. The van der Waals surface area contributed by atoms with Gasteiger partial charge in [-0.15, -0.1) is 0 Å². The van der Waals surface area contributed by atoms with Gasteiger partial charge < -0.3 is 40.1 Å². The summed E-state index contributed by atoms with van der Waals surface area (Å²) >= 11 is 12.7. The van der Waals surface area contributed by atoms with E-state index >= 15 is 0 Å². The van der Waals surface area contributed by atoms with E-state index in [9.17, 15) is 29.5 Å². The minimum Gasteiger partial charge on any atom is -0.619 e. The number of benzene rings is 3. The summed E-state index contributed by atoms with van der Waals surface area (Å²) in [6.45, 7) is 4.01. The van der Waals surface area contributed by atoms with Gasteiger partial charge in [0.05, 0.1) is 43.0 Å². The van der Waals surface area contributed by atoms with Gasteiger partial charge in [-0.2, -0.15) is 4.73 Å². The lowest BCUT2D eigenvalue weighted by atomic mass is 9.82. The van der Waals surface area contributed by atoms with E-state index in [0.717, 1.165) is 42.3 Å². The summed E-state index contributed by atoms with van der Waals surface area (Å²) in [4.78, 5) is 68.3. The SMILES string of the molecule is C[C@H]1C(=O)N[C@@H](CO)C(=O)N[C@@]2(Cc3ccc(Cl)cc3)CCCN(C2)C(=O)[C@H](Cc2cccc[n+]2[O-])CC(=O)N1Cc1ccc(Cl)cc1Oc1ccc(-c2cnc(CN3CCCC3)n2C)cc1. The van der Waals surface area contributed by atoms with Gasteiger partial charge in [0.1, 0.15) is 29.4 Å². The summed E-state index contributed by atoms with van der Waals surface area (Å²) in [6, 6.07) is 22.1. The standard InChI is InChI=1S/C50H56Cl2N8O7/c1-33-47(63)54-42(31-61)48(64)55-50(27-34-9-14-38(51)15-10-34)19-7-22-58(32-50)49(65)37(24-40-8-3-4-23-60(40)66)25-46(62)59(33)29-36-11-16-39(52)26-44(36)67-41-17-12-35(13-18-41)43-28-53-45(56(43)2)30-57-20-5-6-21-57/h3-4,8-18,23,26,28,33,37,42,61H,5-7,19-22,24-25,27,29-32H2,1-2H3,(H,54,63)(H,55,64)/t33-,37+,42-,50+/m0/s1. The van der Waals surface area contributed by atoms with Crippen LogP contribution in [0, 0.1) is 11.1 Å². The Balaban J connectivity index is 1.09. The lowest BCUT2D eigenvalue weighted by molar-refractivity contribution is -0.614. The molecule has 3 N–H and O–H groups in total. The van der Waals surface area contributed by atoms with E-state index < -0.39 is 47.9 Å². The van der Waals surface area contributed by atoms with E-state index in [1.807, 2.05) is 49.6 Å². The highest BCUT2D eigenvalue weighted by atomic mass is 35.5. The number of aliphatic hydroxyl groups excluding tert-OH is 1. The molecule has 4 amide bonds. The topological polar surface area (TPSA) is 176 Å². The van der Waals surface area contributed by atoms with E-state index in [0.29, 0.717) is 63.3 Å². The number of imidazole rings is 1. The van der Waals surface area contributed by atoms with Crippen molar-refractivity contribution in [2.24, 2.45) is 13.0 Å². The van der Waals surface area contributed by atoms with Crippen LogP contribution < -0.4 is 20.1 Å². The molecule has 17 heteroatoms. The van der Waals surface area contributed by atoms with Gasteiger partial charge in [0.2, 0.25) is 23.6 Å². The van der Waals surface area contributed by atoms with Crippen LogP contribution in [0.3, 0.4) is 0 Å². The monoisotopic (exact) mass is 950 g/mol. The van der Waals surface area contributed by atoms with Gasteiger partial charge in [0.15, 0.2) is 11.9 Å². The molecule has 0 aliphatic carbocycles. The number of fused-ring (bicyclic) bond motifs is 2. The van der Waals surface area contributed by atoms with Gasteiger partial charge in [-0.25, -0.2) is 4.98 Å². The number of hydrogen-bond acceptors (Lipinski definition) is 9. The summed E-state index contributed by atoms with van der Waals surface area (Å²) in [6.07, 6.45) is 6.53. The number of pyridine rings is 1. The Kier molecular flexibility index (Phi) is 14.8. The molecular weight excluding hydrogens is 896 g/mol. The molecule has 5 heterocycles. The van der Waals surface area contributed by atoms with Crippen LogP contribution in [0.25, 0.3) is 11.3 Å². The van der Waals surface area contributed by atoms with Crippen molar-refractivity contribution in [3.05, 3.63) is 135 Å². The van der Waals surface area contributed by atoms with E-state index in [4.69, 9.17) is 32.9 Å². The largest absolute Gasteiger partial charge is 0.619 e. The molecule has 3 aliphatic heterocycles. The molecule has 67 heavy (non-hydrogen) atoms. The van der Waals surface area contributed by atoms with Gasteiger partial charge in [-0.3, -0.25) is 24.1 Å². The van der Waals surface area contributed by atoms with E-state index in [-0.39, 0.29) is 31.8 Å². The van der Waals surface area contributed by atoms with Crippen molar-refractivity contribution in [1.29, 1.82) is 0 Å². The predicted molar refractivity (Wildman–Crippen MR) is 253 cm³/mol. The van der Waals surface area contributed by atoms with Crippen LogP contribution >= 0.6 is 23.2 Å². The van der Waals surface area contributed by atoms with Gasteiger partial charge in [0, 0.05) is 66.3 Å². The van der Waals surface area contributed by atoms with Crippen LogP contribution in [0.5, 0.6) is 11.5 Å². The van der Waals surface area contributed by atoms with Crippen LogP contribution in [-0.4, -0.2) is 103 Å². The number of aromatic nitrogens is 3. The molecule has 352 valence electrons. The maximum absolute atomic E-state index is 14.9. The van der Waals surface area contributed by atoms with Gasteiger partial charge >= 0.3 is 0 Å². The number of amides is 4. The highest BCUT2D eigenvalue weighted by Crippen LogP contribution is 2.34. The third-order valence-corrected chi connectivity index (χ3v) is 13.7. The number of carbonyl (C=O) groups is 4. The number of aliphatic hydroxyl groups is 1. The first-order valence-electron chi connectivity index (χ1n) is 22.8. The Morgan fingerprint density at radius 1 is 0.910 bits per heavy atom. The van der Waals surface area contributed by atoms with Crippen molar-refractivity contribution in [3.8, 4) is 22.8 Å². The number of piperidine rings is 1. The highest BCUT2D eigenvalue weighted by molar-refractivity contribution is 6.31. The van der Waals surface area contributed by atoms with Gasteiger partial charge in [-0.05, 0) is 106 Å². The molecule has 8 rings (SSSR count). The number of nitrogens with one attached hydrogen (secondary N) is 2. The summed E-state index contributed by atoms with van der Waals surface area (Å²) in [7, 11) is 2.01. The molecule has 3 saturated heterocycles. The number of ether oxygens (including phenoxy) is 1. The molecule has 3 fully saturated rings. The van der Waals surface area contributed by atoms with Gasteiger partial charge in [0.25, 0.3) is 0 Å². The number of rotatable bonds is 12. The third-order valence-electron chi connectivity index (χ3n) is 13.2. The molecule has 5 aromatic rings. The second-order valence-electron chi connectivity index (χ2n) is 18.0. The molecular formula is C50H56Cl2N8O7. The zero-order chi connectivity index (χ0) is 47.2. The average Bonchev–Trinajstić information content (AvgIpc) is 3.97. The highest BCUT2D eigenvalue weighted by Gasteiger charge is 2.43. The average molecular weight is 952 g/mol. The summed E-state index contributed by atoms with van der Waals surface area (Å²) in [5, 5.41) is 30.3. The van der Waals surface area contributed by atoms with E-state index in [2.05, 4.69) is 20.1 Å². The quantitative estimate of drug-likeness (QED) is 0.106. The fourth-order valence-corrected chi connectivity index (χ4v) is 9.78. The van der Waals surface area contributed by atoms with Crippen molar-refractivity contribution in [1.82, 2.24) is 34.9 Å². The van der Waals surface area contributed by atoms with Gasteiger partial charge in [-0.1, -0.05) is 47.5 Å². The smallest absolute Gasteiger partial charge is 0.245 e. The lowest BCUT2D eigenvalue weighted by Crippen LogP contribution is -2.65. The second kappa shape index (κ2) is 20.9. The maximum atomic E-state index is 14.9. The van der Waals surface area contributed by atoms with Crippen molar-refractivity contribution in [3.63, 3.8) is 0 Å². The number of carbonyl (C=O) groups excluding carboxylic acids is 4. The van der Waals surface area contributed by atoms with E-state index in [1.54, 1.807) is 53.4 Å². The van der Waals surface area contributed by atoms with Crippen LogP contribution in [0.15, 0.2) is 97.3 Å². The van der Waals surface area contributed by atoms with Crippen LogP contribution in [-0.2, 0) is 52.2 Å². The third kappa shape index (κ3) is 11.2. The number of nitrogens with zero attached hydrogens (tertiary/aromatic N) is 6. The Morgan fingerprint density at radius 2 is 1.66 bits per heavy atom. The summed E-state index contributed by atoms with van der Waals surface area (Å²) in [5.74, 6) is -1.46. The first-order chi connectivity index (χ1) is 32.3. The van der Waals surface area contributed by atoms with Crippen molar-refractivity contribution < 1.29 is 33.8 Å². The molecule has 0 saturated carbocycles. The van der Waals surface area contributed by atoms with Crippen LogP contribution in [0.1, 0.15) is 61.7 Å². The summed E-state index contributed by atoms with van der Waals surface area (Å²) < 4.78 is 9.24. The molecule has 0 unspecified atom stereocenters. The molecule has 15 nitrogen and oxygen atoms in total. The van der Waals surface area contributed by atoms with Crippen molar-refractivity contribution >= 4 is 46.8 Å². The van der Waals surface area contributed by atoms with Crippen molar-refractivity contribution in [2.45, 2.75) is 82.6 Å². The molecule has 2 bridgehead atoms. The molecule has 4 atom stereocenters. The predicted octanol–water partition coefficient (Wildman–Crippen LogP) is 5.59. The van der Waals surface area contributed by atoms with Crippen molar-refractivity contribution in [2.75, 3.05) is 32.8 Å². The Hall–Kier alpha value is -6.00. The number of likely N-dealkylation sites (tertiary alicyclic amines) is 1. The summed E-state index contributed by atoms with van der Waals surface area (Å²) in [5.41, 5.74) is 2.56. The minimum absolute atomic E-state index is 0.0627.